The zero-order valence-electron chi connectivity index (χ0n) is 20.1. The first-order valence-electron chi connectivity index (χ1n) is 12.9. The topological polar surface area (TPSA) is 82.7 Å². The minimum Gasteiger partial charge on any atom is -0.378 e. The quantitative estimate of drug-likeness (QED) is 0.575. The third kappa shape index (κ3) is 3.86. The van der Waals surface area contributed by atoms with Crippen LogP contribution in [0.15, 0.2) is 30.6 Å². The highest BCUT2D eigenvalue weighted by molar-refractivity contribution is 5.82. The minimum atomic E-state index is -0.300. The summed E-state index contributed by atoms with van der Waals surface area (Å²) in [5.74, 6) is -0.300. The number of ether oxygens (including phenoxy) is 2. The van der Waals surface area contributed by atoms with E-state index >= 15 is 0 Å². The summed E-state index contributed by atoms with van der Waals surface area (Å²) in [5.41, 5.74) is 6.01. The van der Waals surface area contributed by atoms with E-state index in [0.29, 0.717) is 50.4 Å². The Kier molecular flexibility index (Phi) is 5.45. The van der Waals surface area contributed by atoms with Crippen molar-refractivity contribution in [1.29, 1.82) is 0 Å². The van der Waals surface area contributed by atoms with Crippen LogP contribution in [-0.2, 0) is 22.4 Å². The third-order valence-electron chi connectivity index (χ3n) is 8.07. The van der Waals surface area contributed by atoms with Crippen LogP contribution in [-0.4, -0.2) is 77.4 Å². The molecule has 36 heavy (non-hydrogen) atoms. The molecule has 2 bridgehead atoms. The maximum atomic E-state index is 14.3. The Labute approximate surface area is 208 Å². The van der Waals surface area contributed by atoms with Crippen LogP contribution in [0.25, 0.3) is 22.2 Å². The molecule has 3 saturated heterocycles. The lowest BCUT2D eigenvalue weighted by Crippen LogP contribution is -2.52. The number of carbonyl (C=O) groups is 1. The van der Waals surface area contributed by atoms with Crippen molar-refractivity contribution in [3.8, 4) is 11.1 Å². The molecular formula is C27H30FN5O3. The van der Waals surface area contributed by atoms with Gasteiger partial charge in [0.25, 0.3) is 0 Å². The maximum absolute atomic E-state index is 14.3. The summed E-state index contributed by atoms with van der Waals surface area (Å²) in [4.78, 5) is 24.8. The van der Waals surface area contributed by atoms with Crippen LogP contribution in [0.5, 0.6) is 0 Å². The number of halogens is 1. The van der Waals surface area contributed by atoms with Gasteiger partial charge in [0.1, 0.15) is 11.5 Å². The summed E-state index contributed by atoms with van der Waals surface area (Å²) in [6, 6.07) is 6.37. The number of morpholine rings is 2. The number of rotatable bonds is 2. The Morgan fingerprint density at radius 3 is 2.78 bits per heavy atom. The Bertz CT molecular complexity index is 1310. The largest absolute Gasteiger partial charge is 0.378 e. The average molecular weight is 492 g/mol. The number of benzene rings is 1. The number of hydrogen-bond acceptors (Lipinski definition) is 5. The zero-order chi connectivity index (χ0) is 24.2. The van der Waals surface area contributed by atoms with E-state index in [4.69, 9.17) is 9.47 Å². The van der Waals surface area contributed by atoms with E-state index in [9.17, 15) is 9.18 Å². The van der Waals surface area contributed by atoms with Crippen LogP contribution in [0.4, 0.5) is 9.18 Å². The molecule has 4 aliphatic heterocycles. The SMILES string of the molecule is O=C(N1CCc2cc(-c3cnc4[nH]cc(F)c4c3)cc(C3COCCN3)c2C1)N1CC2CCC(C1)O2. The van der Waals surface area contributed by atoms with Crippen LogP contribution in [0.3, 0.4) is 0 Å². The molecule has 0 spiro atoms. The Morgan fingerprint density at radius 1 is 1.11 bits per heavy atom. The van der Waals surface area contributed by atoms with E-state index < -0.39 is 0 Å². The van der Waals surface area contributed by atoms with Crippen molar-refractivity contribution in [2.45, 2.75) is 44.1 Å². The van der Waals surface area contributed by atoms with Crippen LogP contribution in [0.1, 0.15) is 35.6 Å². The third-order valence-corrected chi connectivity index (χ3v) is 8.07. The Morgan fingerprint density at radius 2 is 1.97 bits per heavy atom. The van der Waals surface area contributed by atoms with Crippen molar-refractivity contribution >= 4 is 17.1 Å². The number of pyridine rings is 1. The van der Waals surface area contributed by atoms with Crippen LogP contribution in [0.2, 0.25) is 0 Å². The monoisotopic (exact) mass is 491 g/mol. The van der Waals surface area contributed by atoms with E-state index in [1.807, 2.05) is 15.9 Å². The molecular weight excluding hydrogens is 461 g/mol. The molecule has 3 atom stereocenters. The van der Waals surface area contributed by atoms with Crippen molar-refractivity contribution in [3.63, 3.8) is 0 Å². The van der Waals surface area contributed by atoms with Gasteiger partial charge >= 0.3 is 6.03 Å². The van der Waals surface area contributed by atoms with E-state index in [1.165, 1.54) is 17.3 Å². The number of fused-ring (bicyclic) bond motifs is 4. The van der Waals surface area contributed by atoms with E-state index in [2.05, 4.69) is 27.4 Å². The smallest absolute Gasteiger partial charge is 0.320 e. The van der Waals surface area contributed by atoms with Crippen molar-refractivity contribution in [2.24, 2.45) is 0 Å². The first kappa shape index (κ1) is 22.2. The maximum Gasteiger partial charge on any atom is 0.320 e. The summed E-state index contributed by atoms with van der Waals surface area (Å²) in [6.45, 7) is 4.69. The van der Waals surface area contributed by atoms with Crippen molar-refractivity contribution in [2.75, 3.05) is 39.4 Å². The van der Waals surface area contributed by atoms with Gasteiger partial charge in [-0.25, -0.2) is 14.2 Å². The summed E-state index contributed by atoms with van der Waals surface area (Å²) in [7, 11) is 0. The van der Waals surface area contributed by atoms with Crippen LogP contribution >= 0.6 is 0 Å². The predicted molar refractivity (Wildman–Crippen MR) is 132 cm³/mol. The van der Waals surface area contributed by atoms with Gasteiger partial charge < -0.3 is 29.6 Å². The molecule has 2 aromatic heterocycles. The molecule has 8 nitrogen and oxygen atoms in total. The van der Waals surface area contributed by atoms with Gasteiger partial charge in [-0.05, 0) is 53.6 Å². The number of H-pyrrole nitrogens is 1. The molecule has 0 radical (unpaired) electrons. The fraction of sp³-hybridized carbons (Fsp3) is 0.481. The van der Waals surface area contributed by atoms with Crippen molar-refractivity contribution in [1.82, 2.24) is 25.1 Å². The number of likely N-dealkylation sites (tertiary alicyclic amines) is 1. The van der Waals surface area contributed by atoms with E-state index in [1.54, 1.807) is 6.20 Å². The van der Waals surface area contributed by atoms with E-state index in [0.717, 1.165) is 42.5 Å². The van der Waals surface area contributed by atoms with Gasteiger partial charge in [0.2, 0.25) is 0 Å². The molecule has 2 amide bonds. The molecule has 1 aromatic carbocycles. The fourth-order valence-electron chi connectivity index (χ4n) is 6.20. The minimum absolute atomic E-state index is 0.0439. The summed E-state index contributed by atoms with van der Waals surface area (Å²) in [5, 5.41) is 4.08. The number of aromatic nitrogens is 2. The van der Waals surface area contributed by atoms with Gasteiger partial charge in [-0.1, -0.05) is 6.07 Å². The van der Waals surface area contributed by atoms with Crippen LogP contribution in [0, 0.1) is 5.82 Å². The molecule has 6 heterocycles. The van der Waals surface area contributed by atoms with Gasteiger partial charge in [0, 0.05) is 50.7 Å². The highest BCUT2D eigenvalue weighted by atomic mass is 19.1. The molecule has 3 unspecified atom stereocenters. The van der Waals surface area contributed by atoms with Crippen molar-refractivity contribution in [3.05, 3.63) is 53.1 Å². The molecule has 0 aliphatic carbocycles. The van der Waals surface area contributed by atoms with Crippen molar-refractivity contribution < 1.29 is 18.7 Å². The van der Waals surface area contributed by atoms with Gasteiger partial charge in [-0.3, -0.25) is 0 Å². The fourth-order valence-corrected chi connectivity index (χ4v) is 6.20. The lowest BCUT2D eigenvalue weighted by molar-refractivity contribution is -0.0291. The molecule has 3 fully saturated rings. The molecule has 9 heteroatoms. The Hall–Kier alpha value is -3.01. The first-order chi connectivity index (χ1) is 17.6. The molecule has 0 saturated carbocycles. The second kappa shape index (κ2) is 8.83. The zero-order valence-corrected chi connectivity index (χ0v) is 20.1. The number of amides is 2. The Balaban J connectivity index is 1.23. The summed E-state index contributed by atoms with van der Waals surface area (Å²) in [6.07, 6.45) is 6.37. The van der Waals surface area contributed by atoms with E-state index in [-0.39, 0.29) is 30.1 Å². The number of nitrogens with one attached hydrogen (secondary N) is 2. The first-order valence-corrected chi connectivity index (χ1v) is 12.9. The summed E-state index contributed by atoms with van der Waals surface area (Å²) < 4.78 is 26.0. The molecule has 3 aromatic rings. The second-order valence-electron chi connectivity index (χ2n) is 10.4. The van der Waals surface area contributed by atoms with Gasteiger partial charge in [0.05, 0.1) is 36.8 Å². The highest BCUT2D eigenvalue weighted by Gasteiger charge is 2.38. The molecule has 2 N–H and O–H groups in total. The number of aromatic amines is 1. The lowest BCUT2D eigenvalue weighted by Gasteiger charge is -2.39. The second-order valence-corrected chi connectivity index (χ2v) is 10.4. The normalized spacial score (nSPS) is 25.9. The molecule has 188 valence electrons. The highest BCUT2D eigenvalue weighted by Crippen LogP contribution is 2.35. The number of hydrogen-bond donors (Lipinski definition) is 2. The molecule has 7 rings (SSSR count). The van der Waals surface area contributed by atoms with Gasteiger partial charge in [-0.2, -0.15) is 0 Å². The predicted octanol–water partition coefficient (Wildman–Crippen LogP) is 3.37. The average Bonchev–Trinajstić information content (AvgIpc) is 3.47. The van der Waals surface area contributed by atoms with Gasteiger partial charge in [0.15, 0.2) is 0 Å². The number of nitrogens with zero attached hydrogens (tertiary/aromatic N) is 3. The van der Waals surface area contributed by atoms with Gasteiger partial charge in [-0.15, -0.1) is 0 Å². The standard InChI is InChI=1S/C27H30FN5O3/c28-24-11-31-26-22(24)9-18(10-30-26)17-7-16-3-5-32(27(34)33-12-19-1-2-20(13-33)36-19)14-23(16)21(8-17)25-15-35-6-4-29-25/h7-11,19-20,25,29H,1-6,12-15H2,(H,30,31). The summed E-state index contributed by atoms with van der Waals surface area (Å²) >= 11 is 0. The number of urea groups is 1. The van der Waals surface area contributed by atoms with Crippen LogP contribution < -0.4 is 5.32 Å². The molecule has 4 aliphatic rings. The number of carbonyl (C=O) groups excluding carboxylic acids is 1. The lowest BCUT2D eigenvalue weighted by atomic mass is 9.87.